The predicted molar refractivity (Wildman–Crippen MR) is 137 cm³/mol. The standard InChI is InChI=1S/C26H28N6OS/c1-18-11-13-19(14-12-18)25-30-31-26(32(25)21-7-3-2-4-8-21)34-17-24(33)29-28-16-20-15-27-23-10-6-5-9-22(20)23/h5-6,9-16,21,27H,2-4,7-8,17H2,1H3,(H,29,33)/b28-16+. The van der Waals surface area contributed by atoms with Crippen LogP contribution < -0.4 is 5.43 Å². The summed E-state index contributed by atoms with van der Waals surface area (Å²) >= 11 is 1.42. The zero-order valence-electron chi connectivity index (χ0n) is 19.2. The number of benzene rings is 2. The van der Waals surface area contributed by atoms with Crippen LogP contribution >= 0.6 is 11.8 Å². The van der Waals surface area contributed by atoms with Gasteiger partial charge in [-0.25, -0.2) is 5.43 Å². The number of thioether (sulfide) groups is 1. The van der Waals surface area contributed by atoms with Gasteiger partial charge in [-0.1, -0.05) is 79.1 Å². The van der Waals surface area contributed by atoms with Crippen molar-refractivity contribution in [1.29, 1.82) is 0 Å². The SMILES string of the molecule is Cc1ccc(-c2nnc(SCC(=O)N/N=C/c3c[nH]c4ccccc34)n2C2CCCCC2)cc1. The van der Waals surface area contributed by atoms with E-state index >= 15 is 0 Å². The molecule has 0 atom stereocenters. The van der Waals surface area contributed by atoms with Crippen molar-refractivity contribution in [3.05, 3.63) is 65.9 Å². The van der Waals surface area contributed by atoms with Gasteiger partial charge in [0.25, 0.3) is 5.91 Å². The summed E-state index contributed by atoms with van der Waals surface area (Å²) in [4.78, 5) is 15.7. The maximum atomic E-state index is 12.5. The first-order chi connectivity index (χ1) is 16.7. The first kappa shape index (κ1) is 22.4. The number of H-pyrrole nitrogens is 1. The van der Waals surface area contributed by atoms with E-state index in [1.165, 1.54) is 36.6 Å². The van der Waals surface area contributed by atoms with Crippen LogP contribution in [0, 0.1) is 6.92 Å². The lowest BCUT2D eigenvalue weighted by molar-refractivity contribution is -0.118. The Bertz CT molecular complexity index is 1300. The highest BCUT2D eigenvalue weighted by Gasteiger charge is 2.24. The first-order valence-electron chi connectivity index (χ1n) is 11.7. The quantitative estimate of drug-likeness (QED) is 0.212. The Morgan fingerprint density at radius 2 is 1.94 bits per heavy atom. The highest BCUT2D eigenvalue weighted by Crippen LogP contribution is 2.35. The van der Waals surface area contributed by atoms with E-state index in [9.17, 15) is 4.79 Å². The molecule has 2 heterocycles. The van der Waals surface area contributed by atoms with E-state index < -0.39 is 0 Å². The molecule has 0 unspecified atom stereocenters. The third kappa shape index (κ3) is 4.92. The van der Waals surface area contributed by atoms with Crippen molar-refractivity contribution in [2.45, 2.75) is 50.2 Å². The predicted octanol–water partition coefficient (Wildman–Crippen LogP) is 5.48. The summed E-state index contributed by atoms with van der Waals surface area (Å²) in [6, 6.07) is 16.8. The number of aryl methyl sites for hydroxylation is 1. The highest BCUT2D eigenvalue weighted by atomic mass is 32.2. The number of rotatable bonds is 7. The fourth-order valence-electron chi connectivity index (χ4n) is 4.48. The van der Waals surface area contributed by atoms with Crippen LogP contribution in [0.5, 0.6) is 0 Å². The lowest BCUT2D eigenvalue weighted by atomic mass is 9.95. The zero-order chi connectivity index (χ0) is 23.3. The van der Waals surface area contributed by atoms with Gasteiger partial charge in [0.1, 0.15) is 0 Å². The minimum atomic E-state index is -0.170. The van der Waals surface area contributed by atoms with E-state index in [1.807, 2.05) is 30.5 Å². The lowest BCUT2D eigenvalue weighted by Crippen LogP contribution is -2.20. The number of carbonyl (C=O) groups excluding carboxylic acids is 1. The number of fused-ring (bicyclic) bond motifs is 1. The molecule has 0 radical (unpaired) electrons. The van der Waals surface area contributed by atoms with E-state index in [4.69, 9.17) is 0 Å². The molecule has 0 bridgehead atoms. The maximum Gasteiger partial charge on any atom is 0.250 e. The third-order valence-electron chi connectivity index (χ3n) is 6.26. The number of hydrogen-bond donors (Lipinski definition) is 2. The molecule has 1 aliphatic rings. The van der Waals surface area contributed by atoms with Gasteiger partial charge in [-0.3, -0.25) is 9.36 Å². The van der Waals surface area contributed by atoms with Gasteiger partial charge in [0.05, 0.1) is 12.0 Å². The number of nitrogens with one attached hydrogen (secondary N) is 2. The van der Waals surface area contributed by atoms with Crippen LogP contribution in [0.2, 0.25) is 0 Å². The Morgan fingerprint density at radius 3 is 2.76 bits per heavy atom. The van der Waals surface area contributed by atoms with Crippen molar-refractivity contribution >= 4 is 34.8 Å². The molecule has 1 amide bonds. The Hall–Kier alpha value is -3.39. The topological polar surface area (TPSA) is 88.0 Å². The molecule has 4 aromatic rings. The molecule has 2 N–H and O–H groups in total. The molecule has 1 aliphatic carbocycles. The molecule has 1 saturated carbocycles. The second-order valence-electron chi connectivity index (χ2n) is 8.71. The second-order valence-corrected chi connectivity index (χ2v) is 9.65. The van der Waals surface area contributed by atoms with Gasteiger partial charge in [-0.2, -0.15) is 5.10 Å². The molecule has 0 aliphatic heterocycles. The molecule has 34 heavy (non-hydrogen) atoms. The Balaban J connectivity index is 1.28. The summed E-state index contributed by atoms with van der Waals surface area (Å²) in [5.41, 5.74) is 6.88. The molecular weight excluding hydrogens is 444 g/mol. The van der Waals surface area contributed by atoms with Gasteiger partial charge in [0.15, 0.2) is 11.0 Å². The summed E-state index contributed by atoms with van der Waals surface area (Å²) in [7, 11) is 0. The molecule has 7 nitrogen and oxygen atoms in total. The summed E-state index contributed by atoms with van der Waals surface area (Å²) in [6.07, 6.45) is 9.48. The highest BCUT2D eigenvalue weighted by molar-refractivity contribution is 7.99. The smallest absolute Gasteiger partial charge is 0.250 e. The lowest BCUT2D eigenvalue weighted by Gasteiger charge is -2.25. The normalized spacial score (nSPS) is 14.7. The van der Waals surface area contributed by atoms with E-state index in [2.05, 4.69) is 61.5 Å². The van der Waals surface area contributed by atoms with Gasteiger partial charge < -0.3 is 4.98 Å². The van der Waals surface area contributed by atoms with Crippen molar-refractivity contribution in [1.82, 2.24) is 25.2 Å². The number of aromatic amines is 1. The van der Waals surface area contributed by atoms with E-state index in [0.29, 0.717) is 6.04 Å². The van der Waals surface area contributed by atoms with Crippen molar-refractivity contribution in [3.63, 3.8) is 0 Å². The van der Waals surface area contributed by atoms with Gasteiger partial charge >= 0.3 is 0 Å². The number of hydrazone groups is 1. The molecule has 2 aromatic heterocycles. The molecular formula is C26H28N6OS. The molecule has 8 heteroatoms. The number of aromatic nitrogens is 4. The van der Waals surface area contributed by atoms with Gasteiger partial charge in [0, 0.05) is 34.3 Å². The largest absolute Gasteiger partial charge is 0.361 e. The summed E-state index contributed by atoms with van der Waals surface area (Å²) in [5.74, 6) is 0.938. The van der Waals surface area contributed by atoms with Crippen LogP contribution in [0.4, 0.5) is 0 Å². The van der Waals surface area contributed by atoms with Gasteiger partial charge in [0.2, 0.25) is 0 Å². The van der Waals surface area contributed by atoms with E-state index in [0.717, 1.165) is 45.9 Å². The number of hydrogen-bond acceptors (Lipinski definition) is 5. The fraction of sp³-hybridized carbons (Fsp3) is 0.308. The fourth-order valence-corrected chi connectivity index (χ4v) is 5.28. The Morgan fingerprint density at radius 1 is 1.15 bits per heavy atom. The molecule has 5 rings (SSSR count). The maximum absolute atomic E-state index is 12.5. The number of carbonyl (C=O) groups is 1. The number of nitrogens with zero attached hydrogens (tertiary/aromatic N) is 4. The van der Waals surface area contributed by atoms with Crippen LogP contribution in [0.1, 0.15) is 49.3 Å². The molecule has 1 fully saturated rings. The van der Waals surface area contributed by atoms with Crippen molar-refractivity contribution in [3.8, 4) is 11.4 Å². The molecule has 2 aromatic carbocycles. The summed E-state index contributed by atoms with van der Waals surface area (Å²) in [5, 5.41) is 15.0. The average molecular weight is 473 g/mol. The molecule has 174 valence electrons. The van der Waals surface area contributed by atoms with Crippen molar-refractivity contribution in [2.24, 2.45) is 5.10 Å². The van der Waals surface area contributed by atoms with Crippen molar-refractivity contribution in [2.75, 3.05) is 5.75 Å². The van der Waals surface area contributed by atoms with Crippen LogP contribution in [-0.4, -0.2) is 37.6 Å². The Kier molecular flexibility index (Phi) is 6.76. The Labute approximate surface area is 203 Å². The van der Waals surface area contributed by atoms with Crippen LogP contribution in [-0.2, 0) is 4.79 Å². The van der Waals surface area contributed by atoms with Gasteiger partial charge in [-0.05, 0) is 25.8 Å². The molecule has 0 spiro atoms. The van der Waals surface area contributed by atoms with E-state index in [1.54, 1.807) is 6.21 Å². The number of para-hydroxylation sites is 1. The summed E-state index contributed by atoms with van der Waals surface area (Å²) in [6.45, 7) is 2.08. The summed E-state index contributed by atoms with van der Waals surface area (Å²) < 4.78 is 2.25. The molecule has 0 saturated heterocycles. The second kappa shape index (κ2) is 10.3. The van der Waals surface area contributed by atoms with E-state index in [-0.39, 0.29) is 11.7 Å². The van der Waals surface area contributed by atoms with Crippen molar-refractivity contribution < 1.29 is 4.79 Å². The van der Waals surface area contributed by atoms with Crippen LogP contribution in [0.25, 0.3) is 22.3 Å². The minimum absolute atomic E-state index is 0.170. The first-order valence-corrected chi connectivity index (χ1v) is 12.7. The van der Waals surface area contributed by atoms with Crippen LogP contribution in [0.3, 0.4) is 0 Å². The average Bonchev–Trinajstić information content (AvgIpc) is 3.48. The number of amides is 1. The minimum Gasteiger partial charge on any atom is -0.361 e. The third-order valence-corrected chi connectivity index (χ3v) is 7.20. The monoisotopic (exact) mass is 472 g/mol. The van der Waals surface area contributed by atoms with Crippen LogP contribution in [0.15, 0.2) is 65.0 Å². The zero-order valence-corrected chi connectivity index (χ0v) is 20.0. The van der Waals surface area contributed by atoms with Gasteiger partial charge in [-0.15, -0.1) is 10.2 Å².